The molecule has 4 nitrogen and oxygen atoms in total. The Bertz CT molecular complexity index is 451. The molecule has 0 radical (unpaired) electrons. The van der Waals surface area contributed by atoms with Crippen LogP contribution in [0.25, 0.3) is 6.08 Å². The number of rotatable bonds is 3. The quantitative estimate of drug-likeness (QED) is 0.734. The molecule has 2 rings (SSSR count). The van der Waals surface area contributed by atoms with Crippen molar-refractivity contribution in [3.05, 3.63) is 41.4 Å². The summed E-state index contributed by atoms with van der Waals surface area (Å²) in [6.45, 7) is 1.90. The molecular weight excluding hydrogens is 208 g/mol. The normalized spacial score (nSPS) is 18.1. The molecule has 84 valence electrons. The molecule has 2 heterocycles. The lowest BCUT2D eigenvalue weighted by Crippen LogP contribution is -2.01. The van der Waals surface area contributed by atoms with Crippen molar-refractivity contribution in [2.45, 2.75) is 13.3 Å². The summed E-state index contributed by atoms with van der Waals surface area (Å²) >= 11 is 0. The van der Waals surface area contributed by atoms with Crippen molar-refractivity contribution in [1.29, 1.82) is 0 Å². The van der Waals surface area contributed by atoms with Gasteiger partial charge in [-0.1, -0.05) is 6.92 Å². The van der Waals surface area contributed by atoms with E-state index in [1.165, 1.54) is 13.4 Å². The summed E-state index contributed by atoms with van der Waals surface area (Å²) in [6, 6.07) is 3.50. The maximum Gasteiger partial charge on any atom is 0.266 e. The van der Waals surface area contributed by atoms with E-state index in [4.69, 9.17) is 13.9 Å². The van der Waals surface area contributed by atoms with E-state index in [9.17, 15) is 4.79 Å². The van der Waals surface area contributed by atoms with Crippen LogP contribution in [-0.2, 0) is 14.3 Å². The van der Waals surface area contributed by atoms with Gasteiger partial charge in [0.05, 0.1) is 13.4 Å². The van der Waals surface area contributed by atoms with Crippen molar-refractivity contribution in [1.82, 2.24) is 0 Å². The highest BCUT2D eigenvalue weighted by Gasteiger charge is 2.30. The molecular formula is C12H12O4. The van der Waals surface area contributed by atoms with Crippen LogP contribution in [0, 0.1) is 0 Å². The van der Waals surface area contributed by atoms with Gasteiger partial charge in [0.15, 0.2) is 11.5 Å². The van der Waals surface area contributed by atoms with Crippen LogP contribution in [0.4, 0.5) is 0 Å². The predicted octanol–water partition coefficient (Wildman–Crippen LogP) is 2.49. The van der Waals surface area contributed by atoms with Gasteiger partial charge in [0.25, 0.3) is 5.78 Å². The minimum absolute atomic E-state index is 0.239. The summed E-state index contributed by atoms with van der Waals surface area (Å²) in [5, 5.41) is 0. The molecule has 0 N–H and O–H groups in total. The van der Waals surface area contributed by atoms with E-state index < -0.39 is 0 Å². The van der Waals surface area contributed by atoms with Gasteiger partial charge in [0, 0.05) is 12.5 Å². The molecule has 1 aliphatic heterocycles. The van der Waals surface area contributed by atoms with Crippen LogP contribution in [-0.4, -0.2) is 12.9 Å². The van der Waals surface area contributed by atoms with Gasteiger partial charge in [-0.05, 0) is 12.1 Å². The topological polar surface area (TPSA) is 48.7 Å². The number of ether oxygens (including phenoxy) is 2. The molecule has 0 amide bonds. The number of methoxy groups -OCH3 is 1. The summed E-state index contributed by atoms with van der Waals surface area (Å²) in [6.07, 6.45) is 3.71. The lowest BCUT2D eigenvalue weighted by Gasteiger charge is -1.98. The molecule has 0 atom stereocenters. The van der Waals surface area contributed by atoms with Gasteiger partial charge in [0.1, 0.15) is 5.76 Å². The van der Waals surface area contributed by atoms with E-state index in [1.54, 1.807) is 18.2 Å². The maximum atomic E-state index is 11.8. The first-order chi connectivity index (χ1) is 7.76. The lowest BCUT2D eigenvalue weighted by atomic mass is 10.2. The van der Waals surface area contributed by atoms with Gasteiger partial charge >= 0.3 is 0 Å². The number of carbonyl (C=O) groups is 1. The third kappa shape index (κ3) is 1.74. The fourth-order valence-corrected chi connectivity index (χ4v) is 1.50. The molecule has 0 unspecified atom stereocenters. The summed E-state index contributed by atoms with van der Waals surface area (Å²) in [7, 11) is 1.46. The van der Waals surface area contributed by atoms with E-state index in [1.807, 2.05) is 6.92 Å². The SMILES string of the molecule is CCC1=C(OC)C(=O)/C(=C\c2ccco2)O1. The molecule has 0 saturated carbocycles. The highest BCUT2D eigenvalue weighted by atomic mass is 16.5. The van der Waals surface area contributed by atoms with Crippen LogP contribution in [0.15, 0.2) is 40.1 Å². The van der Waals surface area contributed by atoms with E-state index in [-0.39, 0.29) is 17.3 Å². The number of hydrogen-bond donors (Lipinski definition) is 0. The highest BCUT2D eigenvalue weighted by molar-refractivity contribution is 6.10. The van der Waals surface area contributed by atoms with Crippen LogP contribution < -0.4 is 0 Å². The number of Topliss-reactive ketones (excluding diaryl/α,β-unsaturated/α-hetero) is 1. The van der Waals surface area contributed by atoms with Crippen molar-refractivity contribution >= 4 is 11.9 Å². The van der Waals surface area contributed by atoms with Crippen LogP contribution >= 0.6 is 0 Å². The number of allylic oxidation sites excluding steroid dienone is 1. The number of furan rings is 1. The zero-order valence-corrected chi connectivity index (χ0v) is 9.15. The third-order valence-electron chi connectivity index (χ3n) is 2.26. The molecule has 0 spiro atoms. The zero-order chi connectivity index (χ0) is 11.5. The van der Waals surface area contributed by atoms with Crippen LogP contribution in [0.3, 0.4) is 0 Å². The Labute approximate surface area is 93.1 Å². The van der Waals surface area contributed by atoms with Crippen molar-refractivity contribution in [2.24, 2.45) is 0 Å². The van der Waals surface area contributed by atoms with Crippen molar-refractivity contribution in [2.75, 3.05) is 7.11 Å². The average molecular weight is 220 g/mol. The largest absolute Gasteiger partial charge is 0.490 e. The summed E-state index contributed by atoms with van der Waals surface area (Å²) in [5.41, 5.74) is 0. The lowest BCUT2D eigenvalue weighted by molar-refractivity contribution is -0.115. The monoisotopic (exact) mass is 220 g/mol. The van der Waals surface area contributed by atoms with E-state index in [2.05, 4.69) is 0 Å². The second-order valence-corrected chi connectivity index (χ2v) is 3.27. The first kappa shape index (κ1) is 10.5. The molecule has 1 aromatic heterocycles. The number of ketones is 1. The van der Waals surface area contributed by atoms with Crippen LogP contribution in [0.5, 0.6) is 0 Å². The standard InChI is InChI=1S/C12H12O4/c1-3-9-12(14-2)11(13)10(16-9)7-8-5-4-6-15-8/h4-7H,3H2,1-2H3/b10-7+. The van der Waals surface area contributed by atoms with E-state index in [0.29, 0.717) is 17.9 Å². The molecule has 16 heavy (non-hydrogen) atoms. The molecule has 0 saturated heterocycles. The zero-order valence-electron chi connectivity index (χ0n) is 9.15. The fourth-order valence-electron chi connectivity index (χ4n) is 1.50. The Balaban J connectivity index is 2.28. The second-order valence-electron chi connectivity index (χ2n) is 3.27. The summed E-state index contributed by atoms with van der Waals surface area (Å²) < 4.78 is 15.5. The maximum absolute atomic E-state index is 11.8. The van der Waals surface area contributed by atoms with E-state index in [0.717, 1.165) is 0 Å². The minimum Gasteiger partial charge on any atom is -0.490 e. The van der Waals surface area contributed by atoms with Gasteiger partial charge in [0.2, 0.25) is 5.76 Å². The van der Waals surface area contributed by atoms with Crippen LogP contribution in [0.2, 0.25) is 0 Å². The van der Waals surface area contributed by atoms with Gasteiger partial charge < -0.3 is 13.9 Å². The molecule has 1 aliphatic rings. The minimum atomic E-state index is -0.240. The second kappa shape index (κ2) is 4.26. The Morgan fingerprint density at radius 2 is 2.31 bits per heavy atom. The van der Waals surface area contributed by atoms with Gasteiger partial charge in [-0.3, -0.25) is 4.79 Å². The number of hydrogen-bond acceptors (Lipinski definition) is 4. The predicted molar refractivity (Wildman–Crippen MR) is 57.1 cm³/mol. The average Bonchev–Trinajstić information content (AvgIpc) is 2.88. The molecule has 0 bridgehead atoms. The Hall–Kier alpha value is -1.97. The van der Waals surface area contributed by atoms with Crippen molar-refractivity contribution in [3.63, 3.8) is 0 Å². The van der Waals surface area contributed by atoms with Gasteiger partial charge in [-0.15, -0.1) is 0 Å². The van der Waals surface area contributed by atoms with Crippen LogP contribution in [0.1, 0.15) is 19.1 Å². The van der Waals surface area contributed by atoms with Crippen molar-refractivity contribution < 1.29 is 18.7 Å². The van der Waals surface area contributed by atoms with Crippen molar-refractivity contribution in [3.8, 4) is 0 Å². The molecule has 4 heteroatoms. The number of carbonyl (C=O) groups excluding carboxylic acids is 1. The smallest absolute Gasteiger partial charge is 0.266 e. The Morgan fingerprint density at radius 1 is 1.50 bits per heavy atom. The highest BCUT2D eigenvalue weighted by Crippen LogP contribution is 2.28. The molecule has 0 fully saturated rings. The summed E-state index contributed by atoms with van der Waals surface area (Å²) in [5.74, 6) is 1.42. The fraction of sp³-hybridized carbons (Fsp3) is 0.250. The Morgan fingerprint density at radius 3 is 2.81 bits per heavy atom. The van der Waals surface area contributed by atoms with E-state index >= 15 is 0 Å². The van der Waals surface area contributed by atoms with Gasteiger partial charge in [-0.2, -0.15) is 0 Å². The third-order valence-corrected chi connectivity index (χ3v) is 2.26. The van der Waals surface area contributed by atoms with Gasteiger partial charge in [-0.25, -0.2) is 0 Å². The molecule has 0 aromatic carbocycles. The Kier molecular flexibility index (Phi) is 2.81. The first-order valence-corrected chi connectivity index (χ1v) is 5.01. The molecule has 0 aliphatic carbocycles. The first-order valence-electron chi connectivity index (χ1n) is 5.01. The molecule has 1 aromatic rings. The summed E-state index contributed by atoms with van der Waals surface area (Å²) in [4.78, 5) is 11.8.